The number of rotatable bonds is 3. The molecule has 0 saturated heterocycles. The minimum Gasteiger partial charge on any atom is -0.744 e. The zero-order valence-corrected chi connectivity index (χ0v) is 13.0. The van der Waals surface area contributed by atoms with Gasteiger partial charge in [-0.05, 0) is 30.3 Å². The summed E-state index contributed by atoms with van der Waals surface area (Å²) in [5.74, 6) is 0. The highest BCUT2D eigenvalue weighted by molar-refractivity contribution is 7.85. The molecule has 0 unspecified atom stereocenters. The van der Waals surface area contributed by atoms with E-state index in [4.69, 9.17) is 5.39 Å². The molecule has 0 aliphatic carbocycles. The van der Waals surface area contributed by atoms with Crippen LogP contribution in [0, 0.1) is 5.39 Å². The van der Waals surface area contributed by atoms with Crippen molar-refractivity contribution in [3.05, 3.63) is 65.6 Å². The smallest absolute Gasteiger partial charge is 0.392 e. The maximum Gasteiger partial charge on any atom is 0.392 e. The summed E-state index contributed by atoms with van der Waals surface area (Å²) in [5, 5.41) is 18.5. The summed E-state index contributed by atoms with van der Waals surface area (Å²) in [6.45, 7) is 0. The SMILES string of the molecule is N#[N+]c1ccc(N=Nc2cccc(S(=O)(=O)[O-])c2)c2ccccc12. The summed E-state index contributed by atoms with van der Waals surface area (Å²) in [7, 11) is -4.54. The van der Waals surface area contributed by atoms with Crippen LogP contribution in [0.3, 0.4) is 0 Å². The van der Waals surface area contributed by atoms with E-state index in [1.54, 1.807) is 30.3 Å². The largest absolute Gasteiger partial charge is 0.744 e. The van der Waals surface area contributed by atoms with E-state index < -0.39 is 10.1 Å². The lowest BCUT2D eigenvalue weighted by Gasteiger charge is -2.06. The van der Waals surface area contributed by atoms with Gasteiger partial charge >= 0.3 is 5.69 Å². The first kappa shape index (κ1) is 15.7. The zero-order chi connectivity index (χ0) is 17.2. The van der Waals surface area contributed by atoms with Gasteiger partial charge in [0.25, 0.3) is 0 Å². The molecule has 0 aliphatic heterocycles. The fourth-order valence-electron chi connectivity index (χ4n) is 2.25. The van der Waals surface area contributed by atoms with Gasteiger partial charge in [0.05, 0.1) is 21.7 Å². The lowest BCUT2D eigenvalue weighted by atomic mass is 10.1. The fraction of sp³-hybridized carbons (Fsp3) is 0. The molecule has 0 aromatic heterocycles. The van der Waals surface area contributed by atoms with Crippen LogP contribution in [0.4, 0.5) is 17.1 Å². The Morgan fingerprint density at radius 1 is 0.917 bits per heavy atom. The van der Waals surface area contributed by atoms with E-state index in [0.29, 0.717) is 16.8 Å². The molecule has 8 heteroatoms. The first-order valence-corrected chi connectivity index (χ1v) is 8.24. The Morgan fingerprint density at radius 3 is 2.38 bits per heavy atom. The van der Waals surface area contributed by atoms with Crippen molar-refractivity contribution in [3.8, 4) is 0 Å². The molecule has 0 radical (unpaired) electrons. The van der Waals surface area contributed by atoms with E-state index in [9.17, 15) is 13.0 Å². The van der Waals surface area contributed by atoms with Crippen LogP contribution in [0.2, 0.25) is 0 Å². The summed E-state index contributed by atoms with van der Waals surface area (Å²) < 4.78 is 33.1. The van der Waals surface area contributed by atoms with Crippen molar-refractivity contribution in [2.24, 2.45) is 10.2 Å². The van der Waals surface area contributed by atoms with Crippen LogP contribution in [-0.4, -0.2) is 13.0 Å². The Labute approximate surface area is 137 Å². The van der Waals surface area contributed by atoms with Crippen molar-refractivity contribution in [3.63, 3.8) is 0 Å². The zero-order valence-electron chi connectivity index (χ0n) is 12.2. The molecule has 7 nitrogen and oxygen atoms in total. The van der Waals surface area contributed by atoms with Gasteiger partial charge in [-0.15, -0.1) is 5.11 Å². The lowest BCUT2D eigenvalue weighted by Crippen LogP contribution is -1.97. The second-order valence-electron chi connectivity index (χ2n) is 4.90. The summed E-state index contributed by atoms with van der Waals surface area (Å²) >= 11 is 0. The Bertz CT molecular complexity index is 1100. The van der Waals surface area contributed by atoms with Gasteiger partial charge < -0.3 is 4.55 Å². The van der Waals surface area contributed by atoms with Gasteiger partial charge in [0.15, 0.2) is 4.98 Å². The number of azo groups is 1. The highest BCUT2D eigenvalue weighted by atomic mass is 32.2. The van der Waals surface area contributed by atoms with Gasteiger partial charge in [-0.2, -0.15) is 5.11 Å². The Morgan fingerprint density at radius 2 is 1.67 bits per heavy atom. The number of hydrogen-bond donors (Lipinski definition) is 0. The van der Waals surface area contributed by atoms with Crippen LogP contribution < -0.4 is 0 Å². The van der Waals surface area contributed by atoms with E-state index in [2.05, 4.69) is 15.2 Å². The predicted molar refractivity (Wildman–Crippen MR) is 87.3 cm³/mol. The molecule has 3 aromatic carbocycles. The molecule has 3 aromatic rings. The average molecular weight is 338 g/mol. The van der Waals surface area contributed by atoms with Crippen LogP contribution in [0.25, 0.3) is 15.7 Å². The molecular weight excluding hydrogens is 328 g/mol. The van der Waals surface area contributed by atoms with Crippen LogP contribution in [0.5, 0.6) is 0 Å². The molecule has 0 N–H and O–H groups in total. The van der Waals surface area contributed by atoms with Crippen molar-refractivity contribution in [1.29, 1.82) is 5.39 Å². The molecule has 118 valence electrons. The van der Waals surface area contributed by atoms with Crippen LogP contribution in [0.15, 0.2) is 75.8 Å². The average Bonchev–Trinajstić information content (AvgIpc) is 2.59. The minimum absolute atomic E-state index is 0.243. The highest BCUT2D eigenvalue weighted by Crippen LogP contribution is 2.34. The molecule has 0 amide bonds. The van der Waals surface area contributed by atoms with Crippen LogP contribution >= 0.6 is 0 Å². The quantitative estimate of drug-likeness (QED) is 0.393. The van der Waals surface area contributed by atoms with E-state index >= 15 is 0 Å². The highest BCUT2D eigenvalue weighted by Gasteiger charge is 2.13. The Balaban J connectivity index is 2.05. The Kier molecular flexibility index (Phi) is 4.04. The number of hydrogen-bond acceptors (Lipinski definition) is 6. The number of diazo groups is 1. The summed E-state index contributed by atoms with van der Waals surface area (Å²) in [4.78, 5) is 2.86. The fourth-order valence-corrected chi connectivity index (χ4v) is 2.76. The second-order valence-corrected chi connectivity index (χ2v) is 6.28. The monoisotopic (exact) mass is 338 g/mol. The second kappa shape index (κ2) is 6.16. The maximum absolute atomic E-state index is 11.0. The van der Waals surface area contributed by atoms with Crippen LogP contribution in [0.1, 0.15) is 0 Å². The summed E-state index contributed by atoms with van der Waals surface area (Å²) in [6.07, 6.45) is 0. The molecule has 0 saturated carbocycles. The third-order valence-electron chi connectivity index (χ3n) is 3.37. The standard InChI is InChI=1S/C16H10N4O3S/c17-18-15-8-9-16(14-7-2-1-6-13(14)15)20-19-11-4-3-5-12(10-11)24(21,22)23/h1-10H. The van der Waals surface area contributed by atoms with E-state index in [0.717, 1.165) is 11.5 Å². The van der Waals surface area contributed by atoms with Gasteiger partial charge in [0.1, 0.15) is 10.1 Å². The molecular formula is C16H10N4O3S. The third kappa shape index (κ3) is 3.12. The summed E-state index contributed by atoms with van der Waals surface area (Å²) in [6, 6.07) is 15.8. The van der Waals surface area contributed by atoms with Gasteiger partial charge in [0, 0.05) is 11.5 Å². The molecule has 0 bridgehead atoms. The molecule has 0 spiro atoms. The molecule has 24 heavy (non-hydrogen) atoms. The van der Waals surface area contributed by atoms with Gasteiger partial charge in [-0.1, -0.05) is 24.3 Å². The summed E-state index contributed by atoms with van der Waals surface area (Å²) in [5.41, 5.74) is 1.17. The van der Waals surface area contributed by atoms with Crippen molar-refractivity contribution in [2.45, 2.75) is 4.90 Å². The van der Waals surface area contributed by atoms with Gasteiger partial charge in [-0.3, -0.25) is 0 Å². The van der Waals surface area contributed by atoms with E-state index in [1.807, 2.05) is 6.07 Å². The molecule has 0 aliphatic rings. The van der Waals surface area contributed by atoms with Crippen LogP contribution in [-0.2, 0) is 10.1 Å². The first-order chi connectivity index (χ1) is 11.5. The first-order valence-electron chi connectivity index (χ1n) is 6.83. The number of benzene rings is 3. The van der Waals surface area contributed by atoms with Crippen molar-refractivity contribution < 1.29 is 13.0 Å². The van der Waals surface area contributed by atoms with E-state index in [1.165, 1.54) is 18.2 Å². The third-order valence-corrected chi connectivity index (χ3v) is 4.20. The molecule has 3 rings (SSSR count). The molecule has 0 heterocycles. The minimum atomic E-state index is -4.54. The van der Waals surface area contributed by atoms with E-state index in [-0.39, 0.29) is 10.6 Å². The van der Waals surface area contributed by atoms with Gasteiger partial charge in [0.2, 0.25) is 5.39 Å². The molecule has 0 fully saturated rings. The predicted octanol–water partition coefficient (Wildman–Crippen LogP) is 4.64. The van der Waals surface area contributed by atoms with Gasteiger partial charge in [-0.25, -0.2) is 8.42 Å². The van der Waals surface area contributed by atoms with Crippen molar-refractivity contribution >= 4 is 38.0 Å². The van der Waals surface area contributed by atoms with Crippen molar-refractivity contribution in [1.82, 2.24) is 0 Å². The normalized spacial score (nSPS) is 11.7. The topological polar surface area (TPSA) is 110 Å². The maximum atomic E-state index is 11.0. The lowest BCUT2D eigenvalue weighted by molar-refractivity contribution is 0.463. The molecule has 0 atom stereocenters. The Hall–Kier alpha value is -3.15. The number of fused-ring (bicyclic) bond motifs is 1. The van der Waals surface area contributed by atoms with Crippen molar-refractivity contribution in [2.75, 3.05) is 0 Å². The number of nitrogens with zero attached hydrogens (tertiary/aromatic N) is 4.